The van der Waals surface area contributed by atoms with E-state index < -0.39 is 10.0 Å². The lowest BCUT2D eigenvalue weighted by Crippen LogP contribution is -2.51. The molecule has 0 aliphatic carbocycles. The van der Waals surface area contributed by atoms with E-state index in [9.17, 15) is 8.42 Å². The van der Waals surface area contributed by atoms with Crippen molar-refractivity contribution >= 4 is 10.0 Å². The fraction of sp³-hybridized carbons (Fsp3) is 0.571. The van der Waals surface area contributed by atoms with E-state index in [1.54, 1.807) is 36.5 Å². The van der Waals surface area contributed by atoms with Crippen LogP contribution in [-0.4, -0.2) is 57.5 Å². The third-order valence-corrected chi connectivity index (χ3v) is 5.95. The first-order valence-corrected chi connectivity index (χ1v) is 8.15. The van der Waals surface area contributed by atoms with Crippen LogP contribution in [0.5, 0.6) is 5.75 Å². The van der Waals surface area contributed by atoms with Crippen LogP contribution >= 0.6 is 0 Å². The van der Waals surface area contributed by atoms with E-state index in [4.69, 9.17) is 4.74 Å². The Bertz CT molecular complexity index is 586. The number of ether oxygens (including phenoxy) is 1. The van der Waals surface area contributed by atoms with Gasteiger partial charge in [-0.2, -0.15) is 4.31 Å². The summed E-state index contributed by atoms with van der Waals surface area (Å²) in [6.07, 6.45) is 0. The molecule has 1 aliphatic heterocycles. The molecule has 1 aliphatic rings. The number of piperazine rings is 1. The molecule has 0 aromatic heterocycles. The van der Waals surface area contributed by atoms with Gasteiger partial charge in [0.2, 0.25) is 10.0 Å². The summed E-state index contributed by atoms with van der Waals surface area (Å²) < 4.78 is 32.2. The molecule has 0 saturated carbocycles. The molecule has 0 radical (unpaired) electrons. The molecule has 1 unspecified atom stereocenters. The van der Waals surface area contributed by atoms with Crippen molar-refractivity contribution in [2.75, 3.05) is 33.8 Å². The highest BCUT2D eigenvalue weighted by molar-refractivity contribution is 7.89. The van der Waals surface area contributed by atoms with Gasteiger partial charge >= 0.3 is 0 Å². The van der Waals surface area contributed by atoms with Gasteiger partial charge in [0.25, 0.3) is 0 Å². The highest BCUT2D eigenvalue weighted by atomic mass is 32.2. The quantitative estimate of drug-likeness (QED) is 0.845. The van der Waals surface area contributed by atoms with E-state index in [1.165, 1.54) is 0 Å². The first kappa shape index (κ1) is 15.3. The number of sulfonamides is 1. The maximum Gasteiger partial charge on any atom is 0.243 e. The molecule has 0 N–H and O–H groups in total. The zero-order valence-corrected chi connectivity index (χ0v) is 13.3. The number of hydrogen-bond acceptors (Lipinski definition) is 4. The van der Waals surface area contributed by atoms with Gasteiger partial charge in [-0.05, 0) is 44.7 Å². The summed E-state index contributed by atoms with van der Waals surface area (Å²) in [5.41, 5.74) is 0.718. The van der Waals surface area contributed by atoms with Crippen LogP contribution in [0, 0.1) is 6.92 Å². The Balaban J connectivity index is 2.31. The Labute approximate surface area is 121 Å². The SMILES string of the molecule is COc1ccc(S(=O)(=O)N2CCN(C)C(C)C2)c(C)c1. The van der Waals surface area contributed by atoms with Crippen LogP contribution < -0.4 is 4.74 Å². The van der Waals surface area contributed by atoms with Crippen molar-refractivity contribution in [3.05, 3.63) is 23.8 Å². The lowest BCUT2D eigenvalue weighted by Gasteiger charge is -2.37. The van der Waals surface area contributed by atoms with Gasteiger partial charge in [-0.1, -0.05) is 0 Å². The van der Waals surface area contributed by atoms with E-state index in [-0.39, 0.29) is 6.04 Å². The number of nitrogens with zero attached hydrogens (tertiary/aromatic N) is 2. The lowest BCUT2D eigenvalue weighted by atomic mass is 10.2. The molecule has 0 spiro atoms. The summed E-state index contributed by atoms with van der Waals surface area (Å²) in [4.78, 5) is 2.54. The number of rotatable bonds is 3. The fourth-order valence-electron chi connectivity index (χ4n) is 2.41. The van der Waals surface area contributed by atoms with E-state index in [2.05, 4.69) is 4.90 Å². The van der Waals surface area contributed by atoms with Crippen molar-refractivity contribution in [1.29, 1.82) is 0 Å². The van der Waals surface area contributed by atoms with Crippen LogP contribution in [0.15, 0.2) is 23.1 Å². The standard InChI is InChI=1S/C14H22N2O3S/c1-11-9-13(19-4)5-6-14(11)20(17,18)16-8-7-15(3)12(2)10-16/h5-6,9,12H,7-8,10H2,1-4H3. The van der Waals surface area contributed by atoms with E-state index in [1.807, 2.05) is 14.0 Å². The highest BCUT2D eigenvalue weighted by Crippen LogP contribution is 2.25. The van der Waals surface area contributed by atoms with Crippen LogP contribution in [0.4, 0.5) is 0 Å². The number of hydrogen-bond donors (Lipinski definition) is 0. The van der Waals surface area contributed by atoms with Gasteiger partial charge in [-0.3, -0.25) is 0 Å². The molecular weight excluding hydrogens is 276 g/mol. The molecule has 0 bridgehead atoms. The monoisotopic (exact) mass is 298 g/mol. The van der Waals surface area contributed by atoms with Crippen molar-refractivity contribution in [2.45, 2.75) is 24.8 Å². The number of benzene rings is 1. The van der Waals surface area contributed by atoms with Crippen LogP contribution in [0.25, 0.3) is 0 Å². The van der Waals surface area contributed by atoms with Gasteiger partial charge in [0.15, 0.2) is 0 Å². The first-order valence-electron chi connectivity index (χ1n) is 6.71. The molecule has 1 aromatic rings. The Kier molecular flexibility index (Phi) is 4.36. The van der Waals surface area contributed by atoms with Gasteiger partial charge in [0.05, 0.1) is 12.0 Å². The lowest BCUT2D eigenvalue weighted by molar-refractivity contribution is 0.159. The minimum absolute atomic E-state index is 0.233. The first-order chi connectivity index (χ1) is 9.36. The maximum atomic E-state index is 12.7. The van der Waals surface area contributed by atoms with Crippen LogP contribution in [0.2, 0.25) is 0 Å². The summed E-state index contributed by atoms with van der Waals surface area (Å²) in [6, 6.07) is 5.32. The third-order valence-electron chi connectivity index (χ3n) is 3.92. The Morgan fingerprint density at radius 1 is 1.30 bits per heavy atom. The van der Waals surface area contributed by atoms with Crippen molar-refractivity contribution in [3.63, 3.8) is 0 Å². The zero-order valence-electron chi connectivity index (χ0n) is 12.5. The molecule has 5 nitrogen and oxygen atoms in total. The van der Waals surface area contributed by atoms with Gasteiger partial charge in [0.1, 0.15) is 5.75 Å². The zero-order chi connectivity index (χ0) is 14.9. The second-order valence-electron chi connectivity index (χ2n) is 5.32. The predicted octanol–water partition coefficient (Wildman–Crippen LogP) is 1.33. The minimum Gasteiger partial charge on any atom is -0.497 e. The van der Waals surface area contributed by atoms with Gasteiger partial charge in [-0.15, -0.1) is 0 Å². The second-order valence-corrected chi connectivity index (χ2v) is 7.23. The summed E-state index contributed by atoms with van der Waals surface area (Å²) in [5, 5.41) is 0. The summed E-state index contributed by atoms with van der Waals surface area (Å²) in [7, 11) is 0.173. The van der Waals surface area contributed by atoms with E-state index in [0.29, 0.717) is 23.7 Å². The Morgan fingerprint density at radius 3 is 2.55 bits per heavy atom. The second kappa shape index (κ2) is 5.71. The van der Waals surface area contributed by atoms with Gasteiger partial charge in [0, 0.05) is 25.7 Å². The maximum absolute atomic E-state index is 12.7. The predicted molar refractivity (Wildman–Crippen MR) is 78.6 cm³/mol. The van der Waals surface area contributed by atoms with Crippen molar-refractivity contribution in [3.8, 4) is 5.75 Å². The molecule has 1 aromatic carbocycles. The largest absolute Gasteiger partial charge is 0.497 e. The average Bonchev–Trinajstić information content (AvgIpc) is 2.41. The van der Waals surface area contributed by atoms with E-state index >= 15 is 0 Å². The van der Waals surface area contributed by atoms with Crippen LogP contribution in [0.1, 0.15) is 12.5 Å². The molecule has 112 valence electrons. The molecule has 20 heavy (non-hydrogen) atoms. The van der Waals surface area contributed by atoms with E-state index in [0.717, 1.165) is 12.1 Å². The molecule has 6 heteroatoms. The highest BCUT2D eigenvalue weighted by Gasteiger charge is 2.31. The number of methoxy groups -OCH3 is 1. The average molecular weight is 298 g/mol. The smallest absolute Gasteiger partial charge is 0.243 e. The third kappa shape index (κ3) is 2.82. The van der Waals surface area contributed by atoms with Gasteiger partial charge < -0.3 is 9.64 Å². The summed E-state index contributed by atoms with van der Waals surface area (Å²) in [5.74, 6) is 0.674. The fourth-order valence-corrected chi connectivity index (χ4v) is 4.13. The molecule has 1 atom stereocenters. The van der Waals surface area contributed by atoms with Crippen LogP contribution in [-0.2, 0) is 10.0 Å². The van der Waals surface area contributed by atoms with Gasteiger partial charge in [-0.25, -0.2) is 8.42 Å². The normalized spacial score (nSPS) is 21.9. The van der Waals surface area contributed by atoms with Crippen molar-refractivity contribution < 1.29 is 13.2 Å². The molecule has 0 amide bonds. The van der Waals surface area contributed by atoms with Crippen molar-refractivity contribution in [1.82, 2.24) is 9.21 Å². The Morgan fingerprint density at radius 2 is 2.00 bits per heavy atom. The molecule has 1 heterocycles. The van der Waals surface area contributed by atoms with Crippen molar-refractivity contribution in [2.24, 2.45) is 0 Å². The Hall–Kier alpha value is -1.11. The molecular formula is C14H22N2O3S. The molecule has 1 saturated heterocycles. The number of aryl methyl sites for hydroxylation is 1. The molecule has 1 fully saturated rings. The minimum atomic E-state index is -3.42. The van der Waals surface area contributed by atoms with Crippen LogP contribution in [0.3, 0.4) is 0 Å². The summed E-state index contributed by atoms with van der Waals surface area (Å²) >= 11 is 0. The molecule has 2 rings (SSSR count). The summed E-state index contributed by atoms with van der Waals surface area (Å²) in [6.45, 7) is 5.67. The topological polar surface area (TPSA) is 49.9 Å². The number of likely N-dealkylation sites (N-methyl/N-ethyl adjacent to an activating group) is 1.